The van der Waals surface area contributed by atoms with Crippen LogP contribution < -0.4 is 10.6 Å². The Hall–Kier alpha value is -2.08. The highest BCUT2D eigenvalue weighted by atomic mass is 32.1. The molecular formula is C16H20N2O3S. The standard InChI is InChI=1S/C16H20N2O3S/c1-11(2)8-13(14-4-3-7-22-14)18-15(19)9-17-16(20)12-5-6-21-10-12/h3-7,10-11,13H,8-9H2,1-2H3,(H,17,20)(H,18,19)/t13-/m0/s1. The Morgan fingerprint density at radius 1 is 1.32 bits per heavy atom. The fourth-order valence-corrected chi connectivity index (χ4v) is 2.90. The molecule has 22 heavy (non-hydrogen) atoms. The monoisotopic (exact) mass is 320 g/mol. The van der Waals surface area contributed by atoms with Gasteiger partial charge in [-0.2, -0.15) is 0 Å². The van der Waals surface area contributed by atoms with Crippen molar-refractivity contribution in [1.82, 2.24) is 10.6 Å². The number of thiophene rings is 1. The van der Waals surface area contributed by atoms with Crippen LogP contribution in [0.5, 0.6) is 0 Å². The van der Waals surface area contributed by atoms with Crippen molar-refractivity contribution in [3.05, 3.63) is 46.5 Å². The smallest absolute Gasteiger partial charge is 0.254 e. The third-order valence-corrected chi connectivity index (χ3v) is 4.11. The molecule has 0 aliphatic heterocycles. The molecule has 118 valence electrons. The fraction of sp³-hybridized carbons (Fsp3) is 0.375. The van der Waals surface area contributed by atoms with E-state index in [-0.39, 0.29) is 24.4 Å². The van der Waals surface area contributed by atoms with Crippen LogP contribution in [0.2, 0.25) is 0 Å². The zero-order valence-corrected chi connectivity index (χ0v) is 13.5. The summed E-state index contributed by atoms with van der Waals surface area (Å²) in [6.45, 7) is 4.19. The minimum absolute atomic E-state index is 0.0154. The van der Waals surface area contributed by atoms with Crippen molar-refractivity contribution >= 4 is 23.2 Å². The fourth-order valence-electron chi connectivity index (χ4n) is 2.11. The molecule has 0 saturated heterocycles. The number of nitrogens with one attached hydrogen (secondary N) is 2. The van der Waals surface area contributed by atoms with Crippen LogP contribution in [0.3, 0.4) is 0 Å². The van der Waals surface area contributed by atoms with E-state index in [1.807, 2.05) is 17.5 Å². The molecule has 0 aromatic carbocycles. The van der Waals surface area contributed by atoms with Gasteiger partial charge in [0.25, 0.3) is 5.91 Å². The first kappa shape index (κ1) is 16.3. The largest absolute Gasteiger partial charge is 0.472 e. The molecule has 0 aliphatic carbocycles. The number of hydrogen-bond acceptors (Lipinski definition) is 4. The van der Waals surface area contributed by atoms with Crippen LogP contribution in [0.15, 0.2) is 40.5 Å². The molecule has 6 heteroatoms. The number of amides is 2. The number of carbonyl (C=O) groups excluding carboxylic acids is 2. The van der Waals surface area contributed by atoms with Gasteiger partial charge in [0.15, 0.2) is 0 Å². The summed E-state index contributed by atoms with van der Waals surface area (Å²) < 4.78 is 4.84. The van der Waals surface area contributed by atoms with Crippen molar-refractivity contribution < 1.29 is 14.0 Å². The lowest BCUT2D eigenvalue weighted by molar-refractivity contribution is -0.120. The first-order valence-corrected chi connectivity index (χ1v) is 8.07. The zero-order valence-electron chi connectivity index (χ0n) is 12.7. The van der Waals surface area contributed by atoms with E-state index in [2.05, 4.69) is 24.5 Å². The quantitative estimate of drug-likeness (QED) is 0.824. The molecule has 0 aliphatic rings. The maximum absolute atomic E-state index is 12.1. The highest BCUT2D eigenvalue weighted by Gasteiger charge is 2.17. The molecule has 2 aromatic rings. The Kier molecular flexibility index (Phi) is 5.77. The van der Waals surface area contributed by atoms with Crippen LogP contribution in [0.25, 0.3) is 0 Å². The molecule has 2 N–H and O–H groups in total. The molecule has 0 spiro atoms. The number of furan rings is 1. The van der Waals surface area contributed by atoms with Gasteiger partial charge >= 0.3 is 0 Å². The maximum Gasteiger partial charge on any atom is 0.254 e. The van der Waals surface area contributed by atoms with E-state index < -0.39 is 0 Å². The summed E-state index contributed by atoms with van der Waals surface area (Å²) in [5, 5.41) is 7.56. The van der Waals surface area contributed by atoms with Gasteiger partial charge in [-0.1, -0.05) is 19.9 Å². The molecule has 2 aromatic heterocycles. The van der Waals surface area contributed by atoms with E-state index >= 15 is 0 Å². The van der Waals surface area contributed by atoms with Crippen molar-refractivity contribution in [2.75, 3.05) is 6.54 Å². The molecule has 0 unspecified atom stereocenters. The first-order valence-electron chi connectivity index (χ1n) is 7.19. The second-order valence-electron chi connectivity index (χ2n) is 5.46. The normalized spacial score (nSPS) is 12.1. The van der Waals surface area contributed by atoms with Gasteiger partial charge in [0.05, 0.1) is 24.4 Å². The van der Waals surface area contributed by atoms with Gasteiger partial charge < -0.3 is 15.1 Å². The molecule has 5 nitrogen and oxygen atoms in total. The minimum Gasteiger partial charge on any atom is -0.472 e. The molecule has 2 amide bonds. The summed E-state index contributed by atoms with van der Waals surface area (Å²) in [4.78, 5) is 24.9. The molecular weight excluding hydrogens is 300 g/mol. The Morgan fingerprint density at radius 3 is 2.73 bits per heavy atom. The molecule has 0 radical (unpaired) electrons. The van der Waals surface area contributed by atoms with Crippen LogP contribution >= 0.6 is 11.3 Å². The average Bonchev–Trinajstić information content (AvgIpc) is 3.15. The van der Waals surface area contributed by atoms with Crippen LogP contribution in [0, 0.1) is 5.92 Å². The second kappa shape index (κ2) is 7.79. The third-order valence-electron chi connectivity index (χ3n) is 3.12. The summed E-state index contributed by atoms with van der Waals surface area (Å²) in [5.41, 5.74) is 0.407. The molecule has 0 fully saturated rings. The summed E-state index contributed by atoms with van der Waals surface area (Å²) >= 11 is 1.62. The van der Waals surface area contributed by atoms with Crippen LogP contribution in [-0.4, -0.2) is 18.4 Å². The van der Waals surface area contributed by atoms with Gasteiger partial charge in [-0.15, -0.1) is 11.3 Å². The average molecular weight is 320 g/mol. The number of hydrogen-bond donors (Lipinski definition) is 2. The summed E-state index contributed by atoms with van der Waals surface area (Å²) in [6.07, 6.45) is 3.63. The van der Waals surface area contributed by atoms with E-state index in [0.717, 1.165) is 11.3 Å². The van der Waals surface area contributed by atoms with Gasteiger partial charge in [0.1, 0.15) is 6.26 Å². The molecule has 2 rings (SSSR count). The van der Waals surface area contributed by atoms with Crippen LogP contribution in [-0.2, 0) is 4.79 Å². The molecule has 0 saturated carbocycles. The van der Waals surface area contributed by atoms with E-state index in [9.17, 15) is 9.59 Å². The lowest BCUT2D eigenvalue weighted by Crippen LogP contribution is -2.38. The molecule has 1 atom stereocenters. The predicted octanol–water partition coefficient (Wildman–Crippen LogP) is 2.97. The number of carbonyl (C=O) groups is 2. The first-order chi connectivity index (χ1) is 10.6. The zero-order chi connectivity index (χ0) is 15.9. The highest BCUT2D eigenvalue weighted by Crippen LogP contribution is 2.25. The molecule has 0 bridgehead atoms. The lowest BCUT2D eigenvalue weighted by atomic mass is 10.0. The maximum atomic E-state index is 12.1. The third kappa shape index (κ3) is 4.73. The van der Waals surface area contributed by atoms with Crippen molar-refractivity contribution in [2.24, 2.45) is 5.92 Å². The summed E-state index contributed by atoms with van der Waals surface area (Å²) in [6, 6.07) is 5.53. The Balaban J connectivity index is 1.87. The predicted molar refractivity (Wildman–Crippen MR) is 85.7 cm³/mol. The van der Waals surface area contributed by atoms with Crippen molar-refractivity contribution in [3.8, 4) is 0 Å². The lowest BCUT2D eigenvalue weighted by Gasteiger charge is -2.19. The van der Waals surface area contributed by atoms with Crippen LogP contribution in [0.1, 0.15) is 41.5 Å². The molecule has 2 heterocycles. The van der Waals surface area contributed by atoms with Gasteiger partial charge in [0.2, 0.25) is 5.91 Å². The van der Waals surface area contributed by atoms with Crippen molar-refractivity contribution in [3.63, 3.8) is 0 Å². The number of rotatable bonds is 7. The van der Waals surface area contributed by atoms with Gasteiger partial charge in [-0.05, 0) is 29.9 Å². The summed E-state index contributed by atoms with van der Waals surface area (Å²) in [7, 11) is 0. The van der Waals surface area contributed by atoms with E-state index in [1.165, 1.54) is 12.5 Å². The van der Waals surface area contributed by atoms with Gasteiger partial charge in [0, 0.05) is 4.88 Å². The SMILES string of the molecule is CC(C)C[C@H](NC(=O)CNC(=O)c1ccoc1)c1cccs1. The second-order valence-corrected chi connectivity index (χ2v) is 6.44. The summed E-state index contributed by atoms with van der Waals surface area (Å²) in [5.74, 6) is -0.0516. The Morgan fingerprint density at radius 2 is 2.14 bits per heavy atom. The van der Waals surface area contributed by atoms with Crippen molar-refractivity contribution in [1.29, 1.82) is 0 Å². The van der Waals surface area contributed by atoms with Gasteiger partial charge in [-0.3, -0.25) is 9.59 Å². The Bertz CT molecular complexity index is 591. The van der Waals surface area contributed by atoms with Gasteiger partial charge in [-0.25, -0.2) is 0 Å². The van der Waals surface area contributed by atoms with E-state index in [0.29, 0.717) is 11.5 Å². The highest BCUT2D eigenvalue weighted by molar-refractivity contribution is 7.10. The van der Waals surface area contributed by atoms with Crippen molar-refractivity contribution in [2.45, 2.75) is 26.3 Å². The minimum atomic E-state index is -0.319. The van der Waals surface area contributed by atoms with E-state index in [1.54, 1.807) is 17.4 Å². The Labute approximate surface area is 133 Å². The topological polar surface area (TPSA) is 71.3 Å². The van der Waals surface area contributed by atoms with E-state index in [4.69, 9.17) is 4.42 Å². The van der Waals surface area contributed by atoms with Crippen LogP contribution in [0.4, 0.5) is 0 Å².